The fourth-order valence-electron chi connectivity index (χ4n) is 5.24. The number of anilines is 4. The Bertz CT molecular complexity index is 1190. The highest BCUT2D eigenvalue weighted by molar-refractivity contribution is 7.88. The van der Waals surface area contributed by atoms with E-state index in [1.54, 1.807) is 6.20 Å². The summed E-state index contributed by atoms with van der Waals surface area (Å²) in [7, 11) is -1.16. The van der Waals surface area contributed by atoms with Crippen LogP contribution in [-0.2, 0) is 16.6 Å². The van der Waals surface area contributed by atoms with E-state index >= 15 is 0 Å². The molecule has 36 heavy (non-hydrogen) atoms. The average molecular weight is 534 g/mol. The maximum Gasteiger partial charge on any atom is 0.229 e. The Morgan fingerprint density at radius 3 is 2.64 bits per heavy atom. The third kappa shape index (κ3) is 6.59. The SMILES string of the molecule is CN1CCN(CC2CC2)Cc2ccc(Nc3ncc(Cl)c(N[C@@H]4CCCC[C@H]4NS(C)(=O)=O)n3)cc21. The van der Waals surface area contributed by atoms with Gasteiger partial charge in [-0.15, -0.1) is 0 Å². The lowest BCUT2D eigenvalue weighted by molar-refractivity contribution is 0.266. The molecule has 3 aliphatic rings. The molecule has 2 aliphatic carbocycles. The van der Waals surface area contributed by atoms with Crippen LogP contribution in [0, 0.1) is 5.92 Å². The van der Waals surface area contributed by atoms with Crippen molar-refractivity contribution < 1.29 is 8.42 Å². The molecule has 3 N–H and O–H groups in total. The molecule has 0 amide bonds. The van der Waals surface area contributed by atoms with Crippen molar-refractivity contribution in [2.75, 3.05) is 48.5 Å². The van der Waals surface area contributed by atoms with Crippen LogP contribution in [0.2, 0.25) is 5.02 Å². The molecule has 0 spiro atoms. The fourth-order valence-corrected chi connectivity index (χ4v) is 6.21. The van der Waals surface area contributed by atoms with E-state index in [-0.39, 0.29) is 12.1 Å². The first-order chi connectivity index (χ1) is 17.2. The summed E-state index contributed by atoms with van der Waals surface area (Å²) in [5, 5.41) is 7.11. The third-order valence-electron chi connectivity index (χ3n) is 7.31. The number of hydrogen-bond donors (Lipinski definition) is 3. The Morgan fingerprint density at radius 2 is 1.89 bits per heavy atom. The number of aromatic nitrogens is 2. The van der Waals surface area contributed by atoms with Crippen molar-refractivity contribution in [3.63, 3.8) is 0 Å². The average Bonchev–Trinajstić information content (AvgIpc) is 3.66. The minimum absolute atomic E-state index is 0.0894. The minimum Gasteiger partial charge on any atom is -0.373 e. The molecule has 2 heterocycles. The molecule has 5 rings (SSSR count). The van der Waals surface area contributed by atoms with Crippen LogP contribution in [0.15, 0.2) is 24.4 Å². The summed E-state index contributed by atoms with van der Waals surface area (Å²) in [5.74, 6) is 1.83. The zero-order valence-electron chi connectivity index (χ0n) is 21.0. The lowest BCUT2D eigenvalue weighted by Gasteiger charge is -2.32. The molecule has 1 aliphatic heterocycles. The first-order valence-corrected chi connectivity index (χ1v) is 15.1. The number of nitrogens with one attached hydrogen (secondary N) is 3. The molecular weight excluding hydrogens is 498 g/mol. The molecule has 0 radical (unpaired) electrons. The lowest BCUT2D eigenvalue weighted by atomic mass is 9.91. The molecule has 2 atom stereocenters. The fraction of sp³-hybridized carbons (Fsp3) is 0.600. The van der Waals surface area contributed by atoms with E-state index in [9.17, 15) is 8.42 Å². The normalized spacial score (nSPS) is 23.1. The summed E-state index contributed by atoms with van der Waals surface area (Å²) in [6.45, 7) is 4.25. The third-order valence-corrected chi connectivity index (χ3v) is 8.32. The Labute approximate surface area is 219 Å². The van der Waals surface area contributed by atoms with Gasteiger partial charge in [0.1, 0.15) is 5.02 Å². The second kappa shape index (κ2) is 10.7. The number of benzene rings is 1. The van der Waals surface area contributed by atoms with Crippen LogP contribution in [0.1, 0.15) is 44.1 Å². The molecule has 2 fully saturated rings. The van der Waals surface area contributed by atoms with Crippen molar-refractivity contribution in [2.45, 2.75) is 57.2 Å². The summed E-state index contributed by atoms with van der Waals surface area (Å²) in [5.41, 5.74) is 3.48. The standard InChI is InChI=1S/C25H36ClN7O2S/c1-32-11-12-33(15-17-7-8-17)16-18-9-10-19(13-23(18)32)28-25-27-14-20(26)24(30-25)29-21-5-3-4-6-22(21)31-36(2,34)35/h9-10,13-14,17,21-22,31H,3-8,11-12,15-16H2,1-2H3,(H2,27,28,29,30)/t21-,22-/m1/s1. The highest BCUT2D eigenvalue weighted by Crippen LogP contribution is 2.33. The first kappa shape index (κ1) is 25.5. The zero-order chi connectivity index (χ0) is 25.3. The van der Waals surface area contributed by atoms with E-state index in [1.807, 2.05) is 0 Å². The summed E-state index contributed by atoms with van der Waals surface area (Å²) in [6, 6.07) is 6.14. The van der Waals surface area contributed by atoms with Gasteiger partial charge in [-0.3, -0.25) is 4.90 Å². The van der Waals surface area contributed by atoms with Gasteiger partial charge in [0.15, 0.2) is 5.82 Å². The zero-order valence-corrected chi connectivity index (χ0v) is 22.6. The summed E-state index contributed by atoms with van der Waals surface area (Å²) < 4.78 is 26.4. The van der Waals surface area contributed by atoms with E-state index < -0.39 is 10.0 Å². The molecule has 11 heteroatoms. The molecule has 2 aromatic rings. The van der Waals surface area contributed by atoms with E-state index in [0.29, 0.717) is 16.8 Å². The molecule has 0 saturated heterocycles. The van der Waals surface area contributed by atoms with Crippen molar-refractivity contribution in [1.82, 2.24) is 19.6 Å². The van der Waals surface area contributed by atoms with E-state index in [2.05, 4.69) is 60.4 Å². The highest BCUT2D eigenvalue weighted by Gasteiger charge is 2.29. The van der Waals surface area contributed by atoms with Crippen molar-refractivity contribution >= 4 is 44.8 Å². The maximum absolute atomic E-state index is 11.8. The van der Waals surface area contributed by atoms with Gasteiger partial charge in [0, 0.05) is 56.7 Å². The smallest absolute Gasteiger partial charge is 0.229 e. The molecule has 2 saturated carbocycles. The van der Waals surface area contributed by atoms with Crippen molar-refractivity contribution in [2.24, 2.45) is 5.92 Å². The molecule has 9 nitrogen and oxygen atoms in total. The quantitative estimate of drug-likeness (QED) is 0.471. The summed E-state index contributed by atoms with van der Waals surface area (Å²) in [4.78, 5) is 13.9. The first-order valence-electron chi connectivity index (χ1n) is 12.8. The van der Waals surface area contributed by atoms with Gasteiger partial charge in [-0.1, -0.05) is 30.5 Å². The predicted octanol–water partition coefficient (Wildman–Crippen LogP) is 3.81. The van der Waals surface area contributed by atoms with Crippen LogP contribution < -0.4 is 20.3 Å². The Morgan fingerprint density at radius 1 is 1.11 bits per heavy atom. The van der Waals surface area contributed by atoms with Crippen LogP contribution in [0.5, 0.6) is 0 Å². The van der Waals surface area contributed by atoms with Gasteiger partial charge in [-0.05, 0) is 49.3 Å². The maximum atomic E-state index is 11.8. The van der Waals surface area contributed by atoms with Gasteiger partial charge in [0.05, 0.1) is 12.5 Å². The molecule has 0 unspecified atom stereocenters. The van der Waals surface area contributed by atoms with Gasteiger partial charge >= 0.3 is 0 Å². The lowest BCUT2D eigenvalue weighted by Crippen LogP contribution is -2.48. The van der Waals surface area contributed by atoms with Crippen LogP contribution in [0.25, 0.3) is 0 Å². The van der Waals surface area contributed by atoms with Gasteiger partial charge in [-0.25, -0.2) is 18.1 Å². The number of nitrogens with zero attached hydrogens (tertiary/aromatic N) is 4. The summed E-state index contributed by atoms with van der Waals surface area (Å²) in [6.07, 6.45) is 9.14. The van der Waals surface area contributed by atoms with E-state index in [1.165, 1.54) is 36.9 Å². The summed E-state index contributed by atoms with van der Waals surface area (Å²) >= 11 is 6.42. The largest absolute Gasteiger partial charge is 0.373 e. The van der Waals surface area contributed by atoms with Crippen LogP contribution in [-0.4, -0.2) is 68.3 Å². The monoisotopic (exact) mass is 533 g/mol. The second-order valence-electron chi connectivity index (χ2n) is 10.5. The van der Waals surface area contributed by atoms with Crippen LogP contribution in [0.4, 0.5) is 23.1 Å². The Hall–Kier alpha value is -2.14. The molecule has 1 aromatic heterocycles. The van der Waals surface area contributed by atoms with Crippen molar-refractivity contribution in [1.29, 1.82) is 0 Å². The highest BCUT2D eigenvalue weighted by atomic mass is 35.5. The predicted molar refractivity (Wildman–Crippen MR) is 146 cm³/mol. The van der Waals surface area contributed by atoms with Gasteiger partial charge in [0.2, 0.25) is 16.0 Å². The number of halogens is 1. The Balaban J connectivity index is 1.30. The van der Waals surface area contributed by atoms with Crippen molar-refractivity contribution in [3.8, 4) is 0 Å². The van der Waals surface area contributed by atoms with E-state index in [4.69, 9.17) is 11.6 Å². The van der Waals surface area contributed by atoms with E-state index in [0.717, 1.165) is 56.9 Å². The molecule has 196 valence electrons. The number of sulfonamides is 1. The topological polar surface area (TPSA) is 102 Å². The van der Waals surface area contributed by atoms with Crippen molar-refractivity contribution in [3.05, 3.63) is 35.0 Å². The Kier molecular flexibility index (Phi) is 7.57. The van der Waals surface area contributed by atoms with Crippen LogP contribution >= 0.6 is 11.6 Å². The molecular formula is C25H36ClN7O2S. The van der Waals surface area contributed by atoms with Gasteiger partial charge in [0.25, 0.3) is 0 Å². The number of rotatable bonds is 8. The number of hydrogen-bond acceptors (Lipinski definition) is 8. The second-order valence-corrected chi connectivity index (χ2v) is 12.7. The van der Waals surface area contributed by atoms with Gasteiger partial charge in [-0.2, -0.15) is 4.98 Å². The van der Waals surface area contributed by atoms with Gasteiger partial charge < -0.3 is 15.5 Å². The number of likely N-dealkylation sites (N-methyl/N-ethyl adjacent to an activating group) is 1. The number of fused-ring (bicyclic) bond motifs is 1. The van der Waals surface area contributed by atoms with Crippen LogP contribution in [0.3, 0.4) is 0 Å². The molecule has 1 aromatic carbocycles. The molecule has 0 bridgehead atoms. The minimum atomic E-state index is -3.30.